The number of rotatable bonds is 13. The summed E-state index contributed by atoms with van der Waals surface area (Å²) in [4.78, 5) is 23.1. The molecule has 8 heteroatoms. The van der Waals surface area contributed by atoms with Crippen LogP contribution in [0.4, 0.5) is 4.39 Å². The van der Waals surface area contributed by atoms with Gasteiger partial charge in [-0.15, -0.1) is 0 Å². The minimum absolute atomic E-state index is 0.0944. The van der Waals surface area contributed by atoms with Crippen LogP contribution in [-0.4, -0.2) is 32.1 Å². The number of esters is 1. The van der Waals surface area contributed by atoms with Gasteiger partial charge in [0.1, 0.15) is 30.5 Å². The van der Waals surface area contributed by atoms with E-state index in [1.807, 2.05) is 42.5 Å². The van der Waals surface area contributed by atoms with E-state index in [0.717, 1.165) is 27.8 Å². The maximum absolute atomic E-state index is 14.6. The topological polar surface area (TPSA) is 85.9 Å². The van der Waals surface area contributed by atoms with Gasteiger partial charge in [-0.1, -0.05) is 54.6 Å². The summed E-state index contributed by atoms with van der Waals surface area (Å²) in [6.07, 6.45) is 0. The number of carbonyl (C=O) groups excluding carboxylic acids is 2. The van der Waals surface area contributed by atoms with Crippen LogP contribution in [0.2, 0.25) is 0 Å². The lowest BCUT2D eigenvalue weighted by molar-refractivity contribution is -0.118. The molecule has 0 aliphatic carbocycles. The van der Waals surface area contributed by atoms with Crippen LogP contribution in [0.25, 0.3) is 11.1 Å². The van der Waals surface area contributed by atoms with Gasteiger partial charge >= 0.3 is 5.97 Å². The zero-order valence-electron chi connectivity index (χ0n) is 24.0. The zero-order valence-corrected chi connectivity index (χ0v) is 24.0. The molecule has 0 aromatic heterocycles. The number of hydrogen-bond acceptors (Lipinski definition) is 6. The predicted molar refractivity (Wildman–Crippen MR) is 160 cm³/mol. The molecule has 0 bridgehead atoms. The summed E-state index contributed by atoms with van der Waals surface area (Å²) in [5, 5.41) is 6.02. The fraction of sp³-hybridized carbons (Fsp3) is 0.235. The van der Waals surface area contributed by atoms with Crippen molar-refractivity contribution in [2.75, 3.05) is 20.2 Å². The molecule has 0 saturated heterocycles. The zero-order chi connectivity index (χ0) is 29.9. The molecule has 4 aromatic rings. The lowest BCUT2D eigenvalue weighted by Crippen LogP contribution is -2.30. The van der Waals surface area contributed by atoms with Gasteiger partial charge in [0.15, 0.2) is 0 Å². The standard InChI is InChI=1S/C34H35FN2O5/c1-23-28(10-7-11-31(23)25-8-5-4-6-9-25)21-41-30-14-12-27(20-36-16-17-37-24(2)38)33(19-30)42-22-29-18-26(34(39)40-3)13-15-32(29)35/h4-15,18-19,36H,16-17,20-22H2,1-3H3,(H,37,38). The van der Waals surface area contributed by atoms with E-state index in [1.54, 1.807) is 6.07 Å². The van der Waals surface area contributed by atoms with Crippen LogP contribution >= 0.6 is 0 Å². The van der Waals surface area contributed by atoms with Crippen LogP contribution in [0.3, 0.4) is 0 Å². The van der Waals surface area contributed by atoms with Crippen LogP contribution in [-0.2, 0) is 29.3 Å². The van der Waals surface area contributed by atoms with Crippen molar-refractivity contribution in [1.29, 1.82) is 0 Å². The molecular weight excluding hydrogens is 535 g/mol. The maximum atomic E-state index is 14.6. The largest absolute Gasteiger partial charge is 0.489 e. The van der Waals surface area contributed by atoms with Crippen molar-refractivity contribution in [3.8, 4) is 22.6 Å². The third-order valence-electron chi connectivity index (χ3n) is 6.80. The van der Waals surface area contributed by atoms with Crippen LogP contribution in [0.1, 0.15) is 39.5 Å². The van der Waals surface area contributed by atoms with Crippen molar-refractivity contribution < 1.29 is 28.2 Å². The highest BCUT2D eigenvalue weighted by Gasteiger charge is 2.13. The van der Waals surface area contributed by atoms with E-state index in [-0.39, 0.29) is 23.6 Å². The average molecular weight is 571 g/mol. The lowest BCUT2D eigenvalue weighted by atomic mass is 9.97. The summed E-state index contributed by atoms with van der Waals surface area (Å²) in [7, 11) is 1.28. The van der Waals surface area contributed by atoms with Gasteiger partial charge in [0.2, 0.25) is 5.91 Å². The monoisotopic (exact) mass is 570 g/mol. The minimum Gasteiger partial charge on any atom is -0.489 e. The van der Waals surface area contributed by atoms with E-state index >= 15 is 0 Å². The van der Waals surface area contributed by atoms with Crippen LogP contribution in [0.15, 0.2) is 84.9 Å². The molecule has 0 unspecified atom stereocenters. The molecule has 0 spiro atoms. The number of carbonyl (C=O) groups is 2. The van der Waals surface area contributed by atoms with Crippen molar-refractivity contribution in [3.63, 3.8) is 0 Å². The second-order valence-electron chi connectivity index (χ2n) is 9.76. The molecule has 0 heterocycles. The van der Waals surface area contributed by atoms with Gasteiger partial charge in [-0.3, -0.25) is 4.79 Å². The molecule has 42 heavy (non-hydrogen) atoms. The molecular formula is C34H35FN2O5. The first kappa shape index (κ1) is 30.3. The molecule has 7 nitrogen and oxygen atoms in total. The molecule has 4 aromatic carbocycles. The van der Waals surface area contributed by atoms with E-state index in [1.165, 1.54) is 32.2 Å². The Kier molecular flexibility index (Phi) is 10.7. The van der Waals surface area contributed by atoms with E-state index < -0.39 is 11.8 Å². The first-order valence-corrected chi connectivity index (χ1v) is 13.7. The fourth-order valence-corrected chi connectivity index (χ4v) is 4.47. The number of benzene rings is 4. The summed E-state index contributed by atoms with van der Waals surface area (Å²) >= 11 is 0. The highest BCUT2D eigenvalue weighted by molar-refractivity contribution is 5.89. The number of nitrogens with one attached hydrogen (secondary N) is 2. The average Bonchev–Trinajstić information content (AvgIpc) is 3.00. The van der Waals surface area contributed by atoms with E-state index in [0.29, 0.717) is 37.7 Å². The van der Waals surface area contributed by atoms with Crippen LogP contribution < -0.4 is 20.1 Å². The molecule has 0 aliphatic rings. The Hall–Kier alpha value is -4.69. The van der Waals surface area contributed by atoms with Gasteiger partial charge in [-0.25, -0.2) is 9.18 Å². The molecule has 0 atom stereocenters. The second kappa shape index (κ2) is 14.8. The molecule has 218 valence electrons. The van der Waals surface area contributed by atoms with Crippen molar-refractivity contribution in [2.24, 2.45) is 0 Å². The number of hydrogen-bond donors (Lipinski definition) is 2. The summed E-state index contributed by atoms with van der Waals surface area (Å²) in [5.41, 5.74) is 5.79. The Morgan fingerprint density at radius 3 is 2.36 bits per heavy atom. The maximum Gasteiger partial charge on any atom is 0.337 e. The van der Waals surface area contributed by atoms with Crippen LogP contribution in [0, 0.1) is 12.7 Å². The summed E-state index contributed by atoms with van der Waals surface area (Å²) in [6, 6.07) is 25.9. The molecule has 4 rings (SSSR count). The van der Waals surface area contributed by atoms with Crippen molar-refractivity contribution in [3.05, 3.63) is 119 Å². The Morgan fingerprint density at radius 1 is 0.810 bits per heavy atom. The van der Waals surface area contributed by atoms with Crippen molar-refractivity contribution >= 4 is 11.9 Å². The quantitative estimate of drug-likeness (QED) is 0.152. The van der Waals surface area contributed by atoms with Crippen LogP contribution in [0.5, 0.6) is 11.5 Å². The Labute approximate surface area is 245 Å². The molecule has 0 saturated carbocycles. The van der Waals surface area contributed by atoms with Gasteiger partial charge in [-0.2, -0.15) is 0 Å². The second-order valence-corrected chi connectivity index (χ2v) is 9.76. The summed E-state index contributed by atoms with van der Waals surface area (Å²) in [5.74, 6) is -0.0262. The highest BCUT2D eigenvalue weighted by Crippen LogP contribution is 2.29. The summed E-state index contributed by atoms with van der Waals surface area (Å²) in [6.45, 7) is 5.32. The highest BCUT2D eigenvalue weighted by atomic mass is 19.1. The third kappa shape index (κ3) is 8.17. The molecule has 1 amide bonds. The van der Waals surface area contributed by atoms with Gasteiger partial charge in [0.05, 0.1) is 12.7 Å². The molecule has 0 radical (unpaired) electrons. The van der Waals surface area contributed by atoms with Gasteiger partial charge < -0.3 is 24.8 Å². The lowest BCUT2D eigenvalue weighted by Gasteiger charge is -2.16. The Bertz CT molecular complexity index is 1520. The molecule has 2 N–H and O–H groups in total. The predicted octanol–water partition coefficient (Wildman–Crippen LogP) is 5.97. The normalized spacial score (nSPS) is 10.7. The number of ether oxygens (including phenoxy) is 3. The van der Waals surface area contributed by atoms with E-state index in [4.69, 9.17) is 14.2 Å². The van der Waals surface area contributed by atoms with E-state index in [9.17, 15) is 14.0 Å². The van der Waals surface area contributed by atoms with Gasteiger partial charge in [0.25, 0.3) is 0 Å². The minimum atomic E-state index is -0.553. The number of methoxy groups -OCH3 is 1. The molecule has 0 aliphatic heterocycles. The third-order valence-corrected chi connectivity index (χ3v) is 6.80. The van der Waals surface area contributed by atoms with Crippen molar-refractivity contribution in [2.45, 2.75) is 33.6 Å². The molecule has 0 fully saturated rings. The number of amides is 1. The smallest absolute Gasteiger partial charge is 0.337 e. The first-order chi connectivity index (χ1) is 20.4. The fourth-order valence-electron chi connectivity index (χ4n) is 4.47. The summed E-state index contributed by atoms with van der Waals surface area (Å²) < 4.78 is 31.6. The van der Waals surface area contributed by atoms with Gasteiger partial charge in [0, 0.05) is 43.8 Å². The van der Waals surface area contributed by atoms with Crippen molar-refractivity contribution in [1.82, 2.24) is 10.6 Å². The SMILES string of the molecule is COC(=O)c1ccc(F)c(COc2cc(OCc3cccc(-c4ccccc4)c3C)ccc2CNCCNC(C)=O)c1. The van der Waals surface area contributed by atoms with Gasteiger partial charge in [-0.05, 0) is 53.4 Å². The Balaban J connectivity index is 1.51. The first-order valence-electron chi connectivity index (χ1n) is 13.7. The number of halogens is 1. The Morgan fingerprint density at radius 2 is 1.60 bits per heavy atom. The van der Waals surface area contributed by atoms with E-state index in [2.05, 4.69) is 35.8 Å².